The van der Waals surface area contributed by atoms with Gasteiger partial charge in [0, 0.05) is 30.2 Å². The van der Waals surface area contributed by atoms with E-state index in [9.17, 15) is 13.2 Å². The number of para-hydroxylation sites is 1. The molecule has 0 radical (unpaired) electrons. The van der Waals surface area contributed by atoms with E-state index >= 15 is 0 Å². The van der Waals surface area contributed by atoms with E-state index in [2.05, 4.69) is 15.0 Å². The van der Waals surface area contributed by atoms with Crippen LogP contribution in [0.15, 0.2) is 84.0 Å². The van der Waals surface area contributed by atoms with Gasteiger partial charge >= 0.3 is 0 Å². The minimum absolute atomic E-state index is 0.0306. The van der Waals surface area contributed by atoms with Gasteiger partial charge in [-0.25, -0.2) is 13.4 Å². The molecule has 0 bridgehead atoms. The Bertz CT molecular complexity index is 1450. The lowest BCUT2D eigenvalue weighted by Gasteiger charge is -2.13. The van der Waals surface area contributed by atoms with E-state index < -0.39 is 15.9 Å². The van der Waals surface area contributed by atoms with Crippen LogP contribution < -0.4 is 10.0 Å². The normalized spacial score (nSPS) is 11.3. The number of aromatic nitrogens is 2. The van der Waals surface area contributed by atoms with Crippen molar-refractivity contribution in [3.8, 4) is 5.69 Å². The van der Waals surface area contributed by atoms with Gasteiger partial charge in [0.05, 0.1) is 10.7 Å². The van der Waals surface area contributed by atoms with Crippen molar-refractivity contribution in [3.63, 3.8) is 0 Å². The van der Waals surface area contributed by atoms with E-state index in [4.69, 9.17) is 11.6 Å². The van der Waals surface area contributed by atoms with Crippen molar-refractivity contribution in [1.82, 2.24) is 14.9 Å². The molecule has 1 heterocycles. The molecule has 0 aliphatic heterocycles. The Labute approximate surface area is 203 Å². The third-order valence-corrected chi connectivity index (χ3v) is 7.21. The predicted molar refractivity (Wildman–Crippen MR) is 133 cm³/mol. The highest BCUT2D eigenvalue weighted by atomic mass is 35.5. The van der Waals surface area contributed by atoms with E-state index in [1.165, 1.54) is 18.2 Å². The van der Waals surface area contributed by atoms with Crippen molar-refractivity contribution in [2.24, 2.45) is 0 Å². The van der Waals surface area contributed by atoms with Crippen LogP contribution in [0.1, 0.15) is 27.3 Å². The minimum Gasteiger partial charge on any atom is -0.348 e. The number of benzene rings is 3. The number of carbonyl (C=O) groups excluding carboxylic acids is 1. The lowest BCUT2D eigenvalue weighted by atomic mass is 10.1. The number of amides is 1. The second-order valence-electron chi connectivity index (χ2n) is 7.76. The maximum absolute atomic E-state index is 12.9. The summed E-state index contributed by atoms with van der Waals surface area (Å²) < 4.78 is 30.4. The number of carbonyl (C=O) groups is 1. The number of aryl methyl sites for hydroxylation is 2. The Hall–Kier alpha value is -3.62. The SMILES string of the molecule is Cc1ccccc1NS(=O)(=O)c1cc(C(=O)NCc2ccc(-n3ccnc3C)cc2)ccc1Cl. The number of hydrogen-bond acceptors (Lipinski definition) is 4. The second kappa shape index (κ2) is 9.70. The molecule has 4 rings (SSSR count). The van der Waals surface area contributed by atoms with Crippen LogP contribution in [0.25, 0.3) is 5.69 Å². The topological polar surface area (TPSA) is 93.1 Å². The van der Waals surface area contributed by atoms with Crippen molar-refractivity contribution in [3.05, 3.63) is 107 Å². The standard InChI is InChI=1S/C25H23ClN4O3S/c1-17-5-3-4-6-23(17)29-34(32,33)24-15-20(9-12-22(24)26)25(31)28-16-19-7-10-21(11-8-19)30-14-13-27-18(30)2/h3-15,29H,16H2,1-2H3,(H,28,31). The largest absolute Gasteiger partial charge is 0.348 e. The first kappa shape index (κ1) is 23.5. The lowest BCUT2D eigenvalue weighted by molar-refractivity contribution is 0.0950. The van der Waals surface area contributed by atoms with Gasteiger partial charge in [-0.2, -0.15) is 0 Å². The molecule has 0 atom stereocenters. The first-order valence-corrected chi connectivity index (χ1v) is 12.4. The molecule has 2 N–H and O–H groups in total. The van der Waals surface area contributed by atoms with Crippen molar-refractivity contribution in [2.45, 2.75) is 25.3 Å². The second-order valence-corrected chi connectivity index (χ2v) is 9.82. The molecular formula is C25H23ClN4O3S. The fraction of sp³-hybridized carbons (Fsp3) is 0.120. The molecule has 0 spiro atoms. The van der Waals surface area contributed by atoms with Crippen LogP contribution in [-0.2, 0) is 16.6 Å². The van der Waals surface area contributed by atoms with E-state index in [1.807, 2.05) is 48.0 Å². The van der Waals surface area contributed by atoms with Gasteiger partial charge in [0.1, 0.15) is 10.7 Å². The first-order valence-electron chi connectivity index (χ1n) is 10.5. The smallest absolute Gasteiger partial charge is 0.263 e. The monoisotopic (exact) mass is 494 g/mol. The minimum atomic E-state index is -3.99. The Morgan fingerprint density at radius 2 is 1.76 bits per heavy atom. The molecule has 0 aliphatic carbocycles. The Kier molecular flexibility index (Phi) is 6.72. The number of anilines is 1. The van der Waals surface area contributed by atoms with Crippen LogP contribution in [0, 0.1) is 13.8 Å². The molecule has 0 fully saturated rings. The number of rotatable bonds is 7. The summed E-state index contributed by atoms with van der Waals surface area (Å²) in [4.78, 5) is 16.8. The van der Waals surface area contributed by atoms with Crippen LogP contribution in [0.4, 0.5) is 5.69 Å². The van der Waals surface area contributed by atoms with Crippen molar-refractivity contribution in [2.75, 3.05) is 4.72 Å². The highest BCUT2D eigenvalue weighted by molar-refractivity contribution is 7.92. The molecule has 0 aliphatic rings. The van der Waals surface area contributed by atoms with Crippen molar-refractivity contribution in [1.29, 1.82) is 0 Å². The van der Waals surface area contributed by atoms with E-state index in [-0.39, 0.29) is 22.0 Å². The summed E-state index contributed by atoms with van der Waals surface area (Å²) in [6, 6.07) is 18.9. The maximum Gasteiger partial charge on any atom is 0.263 e. The van der Waals surface area contributed by atoms with Crippen molar-refractivity contribution < 1.29 is 13.2 Å². The Morgan fingerprint density at radius 1 is 1.03 bits per heavy atom. The third-order valence-electron chi connectivity index (χ3n) is 5.37. The van der Waals surface area contributed by atoms with Gasteiger partial charge in [-0.15, -0.1) is 0 Å². The van der Waals surface area contributed by atoms with Crippen molar-refractivity contribution >= 4 is 33.2 Å². The zero-order chi connectivity index (χ0) is 24.3. The summed E-state index contributed by atoms with van der Waals surface area (Å²) in [6.45, 7) is 4.01. The van der Waals surface area contributed by atoms with E-state index in [1.54, 1.807) is 31.3 Å². The molecule has 3 aromatic carbocycles. The summed E-state index contributed by atoms with van der Waals surface area (Å²) in [6.07, 6.45) is 3.62. The highest BCUT2D eigenvalue weighted by Crippen LogP contribution is 2.26. The van der Waals surface area contributed by atoms with Gasteiger partial charge in [-0.3, -0.25) is 9.52 Å². The molecule has 0 saturated heterocycles. The molecule has 174 valence electrons. The molecule has 7 nitrogen and oxygen atoms in total. The van der Waals surface area contributed by atoms with Crippen LogP contribution in [0.3, 0.4) is 0 Å². The molecule has 4 aromatic rings. The van der Waals surface area contributed by atoms with E-state index in [0.717, 1.165) is 22.6 Å². The zero-order valence-corrected chi connectivity index (χ0v) is 20.2. The number of halogens is 1. The molecule has 9 heteroatoms. The van der Waals surface area contributed by atoms with E-state index in [0.29, 0.717) is 5.69 Å². The molecule has 34 heavy (non-hydrogen) atoms. The van der Waals surface area contributed by atoms with Gasteiger partial charge in [-0.05, 0) is 61.4 Å². The molecule has 0 unspecified atom stereocenters. The Morgan fingerprint density at radius 3 is 2.44 bits per heavy atom. The van der Waals surface area contributed by atoms with Crippen LogP contribution >= 0.6 is 11.6 Å². The molecule has 1 amide bonds. The summed E-state index contributed by atoms with van der Waals surface area (Å²) >= 11 is 6.18. The number of nitrogens with one attached hydrogen (secondary N) is 2. The van der Waals surface area contributed by atoms with Gasteiger partial charge in [0.2, 0.25) is 0 Å². The zero-order valence-electron chi connectivity index (χ0n) is 18.6. The Balaban J connectivity index is 1.47. The number of hydrogen-bond donors (Lipinski definition) is 2. The van der Waals surface area contributed by atoms with Gasteiger partial charge in [-0.1, -0.05) is 41.9 Å². The fourth-order valence-electron chi connectivity index (χ4n) is 3.45. The van der Waals surface area contributed by atoms with Crippen LogP contribution in [0.5, 0.6) is 0 Å². The third kappa shape index (κ3) is 5.13. The van der Waals surface area contributed by atoms with Gasteiger partial charge < -0.3 is 9.88 Å². The van der Waals surface area contributed by atoms with Gasteiger partial charge in [0.15, 0.2) is 0 Å². The molecule has 1 aromatic heterocycles. The molecule has 0 saturated carbocycles. The first-order chi connectivity index (χ1) is 16.2. The average molecular weight is 495 g/mol. The number of sulfonamides is 1. The summed E-state index contributed by atoms with van der Waals surface area (Å²) in [5, 5.41) is 2.85. The average Bonchev–Trinajstić information content (AvgIpc) is 3.25. The van der Waals surface area contributed by atoms with Crippen LogP contribution in [0.2, 0.25) is 5.02 Å². The maximum atomic E-state index is 12.9. The summed E-state index contributed by atoms with van der Waals surface area (Å²) in [5.74, 6) is 0.477. The quantitative estimate of drug-likeness (QED) is 0.383. The summed E-state index contributed by atoms with van der Waals surface area (Å²) in [5.41, 5.74) is 3.28. The fourth-order valence-corrected chi connectivity index (χ4v) is 5.10. The lowest BCUT2D eigenvalue weighted by Crippen LogP contribution is -2.23. The number of imidazole rings is 1. The highest BCUT2D eigenvalue weighted by Gasteiger charge is 2.21. The number of nitrogens with zero attached hydrogens (tertiary/aromatic N) is 2. The predicted octanol–water partition coefficient (Wildman–Crippen LogP) is 4.87. The van der Waals surface area contributed by atoms with Crippen LogP contribution in [-0.4, -0.2) is 23.9 Å². The summed E-state index contributed by atoms with van der Waals surface area (Å²) in [7, 11) is -3.99. The molecular weight excluding hydrogens is 472 g/mol. The van der Waals surface area contributed by atoms with Gasteiger partial charge in [0.25, 0.3) is 15.9 Å².